The summed E-state index contributed by atoms with van der Waals surface area (Å²) >= 11 is 3.42. The van der Waals surface area contributed by atoms with Crippen LogP contribution in [0.5, 0.6) is 5.75 Å². The fourth-order valence-corrected chi connectivity index (χ4v) is 1.88. The number of halogens is 1. The van der Waals surface area contributed by atoms with Crippen LogP contribution in [0.25, 0.3) is 0 Å². The molecule has 0 radical (unpaired) electrons. The molecular weight excluding hydrogens is 254 g/mol. The molecule has 84 valence electrons. The number of hydrogen-bond donors (Lipinski definition) is 1. The van der Waals surface area contributed by atoms with Crippen LogP contribution in [-0.4, -0.2) is 6.61 Å². The highest BCUT2D eigenvalue weighted by molar-refractivity contribution is 9.10. The van der Waals surface area contributed by atoms with Crippen molar-refractivity contribution in [2.24, 2.45) is 0 Å². The lowest BCUT2D eigenvalue weighted by atomic mass is 10.2. The van der Waals surface area contributed by atoms with Gasteiger partial charge in [-0.25, -0.2) is 0 Å². The number of rotatable bonds is 6. The van der Waals surface area contributed by atoms with Crippen LogP contribution < -0.4 is 10.5 Å². The molecule has 15 heavy (non-hydrogen) atoms. The first kappa shape index (κ1) is 12.4. The molecule has 2 nitrogen and oxygen atoms in total. The molecule has 0 aromatic heterocycles. The van der Waals surface area contributed by atoms with Crippen LogP contribution >= 0.6 is 15.9 Å². The van der Waals surface area contributed by atoms with Crippen LogP contribution in [-0.2, 0) is 0 Å². The molecule has 0 heterocycles. The first-order chi connectivity index (χ1) is 7.25. The largest absolute Gasteiger partial charge is 0.490 e. The van der Waals surface area contributed by atoms with Gasteiger partial charge in [0.2, 0.25) is 0 Å². The van der Waals surface area contributed by atoms with E-state index < -0.39 is 0 Å². The van der Waals surface area contributed by atoms with Crippen LogP contribution in [0.1, 0.15) is 32.6 Å². The lowest BCUT2D eigenvalue weighted by Gasteiger charge is -2.10. The second-order valence-corrected chi connectivity index (χ2v) is 4.42. The van der Waals surface area contributed by atoms with E-state index in [9.17, 15) is 0 Å². The van der Waals surface area contributed by atoms with Crippen molar-refractivity contribution in [3.05, 3.63) is 22.7 Å². The fourth-order valence-electron chi connectivity index (χ4n) is 1.38. The summed E-state index contributed by atoms with van der Waals surface area (Å²) in [5.41, 5.74) is 6.50. The zero-order valence-electron chi connectivity index (χ0n) is 9.13. The van der Waals surface area contributed by atoms with Gasteiger partial charge in [-0.1, -0.05) is 32.3 Å². The summed E-state index contributed by atoms with van der Waals surface area (Å²) in [4.78, 5) is 0. The number of nitrogens with two attached hydrogens (primary N) is 1. The second kappa shape index (κ2) is 6.72. The van der Waals surface area contributed by atoms with Crippen LogP contribution in [0.15, 0.2) is 22.7 Å². The maximum atomic E-state index is 5.81. The lowest BCUT2D eigenvalue weighted by molar-refractivity contribution is 0.305. The molecule has 0 saturated carbocycles. The third-order valence-corrected chi connectivity index (χ3v) is 2.87. The first-order valence-electron chi connectivity index (χ1n) is 5.42. The number of anilines is 1. The Morgan fingerprint density at radius 2 is 2.07 bits per heavy atom. The number of nitrogen functional groups attached to an aromatic ring is 1. The average Bonchev–Trinajstić information content (AvgIpc) is 2.21. The number of benzene rings is 1. The van der Waals surface area contributed by atoms with Gasteiger partial charge in [0.05, 0.1) is 16.8 Å². The Morgan fingerprint density at radius 3 is 2.73 bits per heavy atom. The fraction of sp³-hybridized carbons (Fsp3) is 0.500. The Labute approximate surface area is 99.9 Å². The van der Waals surface area contributed by atoms with Gasteiger partial charge in [-0.15, -0.1) is 0 Å². The van der Waals surface area contributed by atoms with E-state index in [1.165, 1.54) is 19.3 Å². The van der Waals surface area contributed by atoms with E-state index >= 15 is 0 Å². The van der Waals surface area contributed by atoms with Crippen molar-refractivity contribution in [2.45, 2.75) is 32.6 Å². The summed E-state index contributed by atoms with van der Waals surface area (Å²) in [5, 5.41) is 0. The number of ether oxygens (including phenoxy) is 1. The van der Waals surface area contributed by atoms with Crippen molar-refractivity contribution in [3.63, 3.8) is 0 Å². The van der Waals surface area contributed by atoms with E-state index in [1.807, 2.05) is 18.2 Å². The predicted molar refractivity (Wildman–Crippen MR) is 68.2 cm³/mol. The minimum Gasteiger partial charge on any atom is -0.490 e. The minimum absolute atomic E-state index is 0.694. The zero-order chi connectivity index (χ0) is 11.1. The Kier molecular flexibility index (Phi) is 5.54. The summed E-state index contributed by atoms with van der Waals surface area (Å²) in [6, 6.07) is 5.70. The first-order valence-corrected chi connectivity index (χ1v) is 6.21. The minimum atomic E-state index is 0.694. The monoisotopic (exact) mass is 271 g/mol. The highest BCUT2D eigenvalue weighted by Gasteiger charge is 2.04. The predicted octanol–water partition coefficient (Wildman–Crippen LogP) is 3.99. The molecule has 2 N–H and O–H groups in total. The van der Waals surface area contributed by atoms with Gasteiger partial charge in [0, 0.05) is 0 Å². The van der Waals surface area contributed by atoms with Gasteiger partial charge in [-0.2, -0.15) is 0 Å². The van der Waals surface area contributed by atoms with Crippen LogP contribution in [0.2, 0.25) is 0 Å². The molecule has 0 amide bonds. The molecule has 0 aliphatic rings. The van der Waals surface area contributed by atoms with E-state index in [2.05, 4.69) is 22.9 Å². The SMILES string of the molecule is CCCCCCOc1c(N)cccc1Br. The lowest BCUT2D eigenvalue weighted by Crippen LogP contribution is -2.00. The molecule has 0 aliphatic carbocycles. The summed E-state index contributed by atoms with van der Waals surface area (Å²) in [5.74, 6) is 0.772. The second-order valence-electron chi connectivity index (χ2n) is 3.57. The van der Waals surface area contributed by atoms with Gasteiger partial charge in [0.1, 0.15) is 0 Å². The summed E-state index contributed by atoms with van der Waals surface area (Å²) in [6.45, 7) is 2.94. The van der Waals surface area contributed by atoms with Crippen molar-refractivity contribution < 1.29 is 4.74 Å². The average molecular weight is 272 g/mol. The van der Waals surface area contributed by atoms with Crippen LogP contribution in [0.3, 0.4) is 0 Å². The summed E-state index contributed by atoms with van der Waals surface area (Å²) in [7, 11) is 0. The van der Waals surface area contributed by atoms with Gasteiger partial charge in [0.25, 0.3) is 0 Å². The smallest absolute Gasteiger partial charge is 0.156 e. The van der Waals surface area contributed by atoms with Crippen molar-refractivity contribution in [2.75, 3.05) is 12.3 Å². The molecule has 0 spiro atoms. The zero-order valence-corrected chi connectivity index (χ0v) is 10.7. The third kappa shape index (κ3) is 4.12. The van der Waals surface area contributed by atoms with E-state index in [4.69, 9.17) is 10.5 Å². The number of hydrogen-bond acceptors (Lipinski definition) is 2. The van der Waals surface area contributed by atoms with E-state index in [1.54, 1.807) is 0 Å². The van der Waals surface area contributed by atoms with Crippen molar-refractivity contribution in [1.29, 1.82) is 0 Å². The van der Waals surface area contributed by atoms with E-state index in [-0.39, 0.29) is 0 Å². The number of para-hydroxylation sites is 1. The van der Waals surface area contributed by atoms with E-state index in [0.717, 1.165) is 23.2 Å². The maximum Gasteiger partial charge on any atom is 0.156 e. The molecule has 1 aromatic carbocycles. The third-order valence-electron chi connectivity index (χ3n) is 2.24. The van der Waals surface area contributed by atoms with Crippen LogP contribution in [0.4, 0.5) is 5.69 Å². The standard InChI is InChI=1S/C12H18BrNO/c1-2-3-4-5-9-15-12-10(13)7-6-8-11(12)14/h6-8H,2-5,9,14H2,1H3. The van der Waals surface area contributed by atoms with Crippen LogP contribution in [0, 0.1) is 0 Å². The summed E-state index contributed by atoms with van der Waals surface area (Å²) < 4.78 is 6.57. The van der Waals surface area contributed by atoms with Gasteiger partial charge in [-0.05, 0) is 34.5 Å². The molecule has 0 fully saturated rings. The summed E-state index contributed by atoms with van der Waals surface area (Å²) in [6.07, 6.45) is 4.83. The van der Waals surface area contributed by atoms with Gasteiger partial charge >= 0.3 is 0 Å². The quantitative estimate of drug-likeness (QED) is 0.627. The number of unbranched alkanes of at least 4 members (excludes halogenated alkanes) is 3. The Balaban J connectivity index is 2.37. The van der Waals surface area contributed by atoms with Crippen molar-refractivity contribution >= 4 is 21.6 Å². The highest BCUT2D eigenvalue weighted by atomic mass is 79.9. The Hall–Kier alpha value is -0.700. The molecule has 1 rings (SSSR count). The van der Waals surface area contributed by atoms with Gasteiger partial charge in [0.15, 0.2) is 5.75 Å². The van der Waals surface area contributed by atoms with Crippen molar-refractivity contribution in [3.8, 4) is 5.75 Å². The molecular formula is C12H18BrNO. The van der Waals surface area contributed by atoms with E-state index in [0.29, 0.717) is 5.69 Å². The maximum absolute atomic E-state index is 5.81. The molecule has 0 saturated heterocycles. The highest BCUT2D eigenvalue weighted by Crippen LogP contribution is 2.30. The molecule has 0 unspecified atom stereocenters. The van der Waals surface area contributed by atoms with Gasteiger partial charge in [-0.3, -0.25) is 0 Å². The topological polar surface area (TPSA) is 35.2 Å². The molecule has 1 aromatic rings. The molecule has 0 aliphatic heterocycles. The molecule has 0 bridgehead atoms. The molecule has 3 heteroatoms. The normalized spacial score (nSPS) is 10.3. The van der Waals surface area contributed by atoms with Gasteiger partial charge < -0.3 is 10.5 Å². The Bertz CT molecular complexity index is 281. The Morgan fingerprint density at radius 1 is 1.27 bits per heavy atom. The molecule has 0 atom stereocenters. The van der Waals surface area contributed by atoms with Crippen molar-refractivity contribution in [1.82, 2.24) is 0 Å².